The molecule has 0 aliphatic rings. The van der Waals surface area contributed by atoms with E-state index in [1.807, 2.05) is 24.3 Å². The third-order valence-corrected chi connectivity index (χ3v) is 2.89. The Labute approximate surface area is 117 Å². The molecule has 0 spiro atoms. The molecule has 0 amide bonds. The number of hydrogen-bond donors (Lipinski definition) is 1. The molecular formula is C12H11BrN2O4. The van der Waals surface area contributed by atoms with Gasteiger partial charge in [0.05, 0.1) is 0 Å². The van der Waals surface area contributed by atoms with Crippen molar-refractivity contribution in [2.24, 2.45) is 0 Å². The molecule has 0 saturated heterocycles. The molecule has 1 N–H and O–H groups in total. The predicted molar refractivity (Wildman–Crippen MR) is 69.3 cm³/mol. The fourth-order valence-corrected chi connectivity index (χ4v) is 1.55. The number of carbonyl (C=O) groups is 1. The van der Waals surface area contributed by atoms with Gasteiger partial charge in [0.1, 0.15) is 6.61 Å². The van der Waals surface area contributed by atoms with Crippen molar-refractivity contribution in [3.63, 3.8) is 0 Å². The van der Waals surface area contributed by atoms with Crippen LogP contribution in [0.4, 0.5) is 0 Å². The third-order valence-electron chi connectivity index (χ3n) is 2.36. The topological polar surface area (TPSA) is 85.5 Å². The Kier molecular flexibility index (Phi) is 4.28. The first kappa shape index (κ1) is 13.7. The SMILES string of the molecule is C[C@H](OCc1nnc(-c2ccc(Br)cc2)o1)C(=O)O. The van der Waals surface area contributed by atoms with Gasteiger partial charge in [-0.15, -0.1) is 10.2 Å². The van der Waals surface area contributed by atoms with Crippen LogP contribution in [0, 0.1) is 0 Å². The molecule has 1 aromatic carbocycles. The van der Waals surface area contributed by atoms with Crippen LogP contribution >= 0.6 is 15.9 Å². The summed E-state index contributed by atoms with van der Waals surface area (Å²) in [5.74, 6) is -0.423. The van der Waals surface area contributed by atoms with Crippen LogP contribution in [-0.4, -0.2) is 27.4 Å². The number of aliphatic carboxylic acids is 1. The van der Waals surface area contributed by atoms with Gasteiger partial charge in [0.2, 0.25) is 11.8 Å². The molecule has 0 aliphatic heterocycles. The van der Waals surface area contributed by atoms with Crippen LogP contribution < -0.4 is 0 Å². The lowest BCUT2D eigenvalue weighted by Gasteiger charge is -2.04. The number of carboxylic acid groups (broad SMARTS) is 1. The van der Waals surface area contributed by atoms with Crippen molar-refractivity contribution in [2.75, 3.05) is 0 Å². The molecule has 2 aromatic rings. The zero-order chi connectivity index (χ0) is 13.8. The fourth-order valence-electron chi connectivity index (χ4n) is 1.29. The van der Waals surface area contributed by atoms with Gasteiger partial charge >= 0.3 is 5.97 Å². The standard InChI is InChI=1S/C12H11BrN2O4/c1-7(12(16)17)18-6-10-14-15-11(19-10)8-2-4-9(13)5-3-8/h2-5,7H,6H2,1H3,(H,16,17)/t7-/m0/s1. The zero-order valence-electron chi connectivity index (χ0n) is 10.0. The molecule has 0 aliphatic carbocycles. The molecule has 100 valence electrons. The van der Waals surface area contributed by atoms with Crippen molar-refractivity contribution in [3.8, 4) is 11.5 Å². The number of aromatic nitrogens is 2. The van der Waals surface area contributed by atoms with E-state index in [0.717, 1.165) is 10.0 Å². The van der Waals surface area contributed by atoms with Gasteiger partial charge < -0.3 is 14.3 Å². The second kappa shape index (κ2) is 5.94. The molecule has 0 unspecified atom stereocenters. The normalized spacial score (nSPS) is 12.3. The molecule has 0 saturated carbocycles. The lowest BCUT2D eigenvalue weighted by molar-refractivity contribution is -0.150. The molecule has 7 heteroatoms. The minimum absolute atomic E-state index is 0.0308. The maximum absolute atomic E-state index is 10.6. The summed E-state index contributed by atoms with van der Waals surface area (Å²) in [6.07, 6.45) is -0.914. The van der Waals surface area contributed by atoms with Crippen molar-refractivity contribution < 1.29 is 19.1 Å². The first-order chi connectivity index (χ1) is 9.06. The second-order valence-corrected chi connectivity index (χ2v) is 4.71. The van der Waals surface area contributed by atoms with Gasteiger partial charge in [-0.25, -0.2) is 4.79 Å². The van der Waals surface area contributed by atoms with Crippen LogP contribution in [0.1, 0.15) is 12.8 Å². The van der Waals surface area contributed by atoms with Gasteiger partial charge in [-0.1, -0.05) is 15.9 Å². The summed E-state index contributed by atoms with van der Waals surface area (Å²) >= 11 is 3.34. The molecular weight excluding hydrogens is 316 g/mol. The van der Waals surface area contributed by atoms with Crippen molar-refractivity contribution in [1.29, 1.82) is 0 Å². The highest BCUT2D eigenvalue weighted by Gasteiger charge is 2.14. The summed E-state index contributed by atoms with van der Waals surface area (Å²) < 4.78 is 11.4. The minimum Gasteiger partial charge on any atom is -0.479 e. The van der Waals surface area contributed by atoms with Crippen LogP contribution in [-0.2, 0) is 16.1 Å². The Hall–Kier alpha value is -1.73. The number of rotatable bonds is 5. The lowest BCUT2D eigenvalue weighted by atomic mass is 10.2. The number of benzene rings is 1. The van der Waals surface area contributed by atoms with Gasteiger partial charge in [-0.3, -0.25) is 0 Å². The third kappa shape index (κ3) is 3.62. The Bertz CT molecular complexity index is 567. The Morgan fingerprint density at radius 2 is 2.11 bits per heavy atom. The average molecular weight is 327 g/mol. The van der Waals surface area contributed by atoms with E-state index in [4.69, 9.17) is 14.3 Å². The number of hydrogen-bond acceptors (Lipinski definition) is 5. The second-order valence-electron chi connectivity index (χ2n) is 3.80. The van der Waals surface area contributed by atoms with Gasteiger partial charge in [0.15, 0.2) is 6.10 Å². The quantitative estimate of drug-likeness (QED) is 0.908. The summed E-state index contributed by atoms with van der Waals surface area (Å²) in [6, 6.07) is 7.40. The van der Waals surface area contributed by atoms with Crippen molar-refractivity contribution >= 4 is 21.9 Å². The maximum Gasteiger partial charge on any atom is 0.332 e. The summed E-state index contributed by atoms with van der Waals surface area (Å²) in [6.45, 7) is 1.41. The van der Waals surface area contributed by atoms with E-state index in [-0.39, 0.29) is 12.5 Å². The fraction of sp³-hybridized carbons (Fsp3) is 0.250. The highest BCUT2D eigenvalue weighted by molar-refractivity contribution is 9.10. The maximum atomic E-state index is 10.6. The number of halogens is 1. The van der Waals surface area contributed by atoms with Gasteiger partial charge in [-0.2, -0.15) is 0 Å². The number of ether oxygens (including phenoxy) is 1. The molecule has 0 bridgehead atoms. The zero-order valence-corrected chi connectivity index (χ0v) is 11.6. The van der Waals surface area contributed by atoms with Crippen LogP contribution in [0.25, 0.3) is 11.5 Å². The Balaban J connectivity index is 2.03. The summed E-state index contributed by atoms with van der Waals surface area (Å²) in [5, 5.41) is 16.4. The summed E-state index contributed by atoms with van der Waals surface area (Å²) in [5.41, 5.74) is 0.785. The molecule has 1 atom stereocenters. The van der Waals surface area contributed by atoms with E-state index >= 15 is 0 Å². The highest BCUT2D eigenvalue weighted by atomic mass is 79.9. The van der Waals surface area contributed by atoms with E-state index < -0.39 is 12.1 Å². The first-order valence-electron chi connectivity index (χ1n) is 5.49. The van der Waals surface area contributed by atoms with E-state index in [1.165, 1.54) is 6.92 Å². The molecule has 6 nitrogen and oxygen atoms in total. The molecule has 1 heterocycles. The van der Waals surface area contributed by atoms with Gasteiger partial charge in [-0.05, 0) is 31.2 Å². The molecule has 2 rings (SSSR count). The van der Waals surface area contributed by atoms with Gasteiger partial charge in [0, 0.05) is 10.0 Å². The van der Waals surface area contributed by atoms with E-state index in [9.17, 15) is 4.79 Å². The lowest BCUT2D eigenvalue weighted by Crippen LogP contribution is -2.19. The van der Waals surface area contributed by atoms with Crippen molar-refractivity contribution in [1.82, 2.24) is 10.2 Å². The predicted octanol–water partition coefficient (Wildman–Crippen LogP) is 2.49. The number of nitrogens with zero attached hydrogens (tertiary/aromatic N) is 2. The average Bonchev–Trinajstić information content (AvgIpc) is 2.85. The van der Waals surface area contributed by atoms with E-state index in [1.54, 1.807) is 0 Å². The first-order valence-corrected chi connectivity index (χ1v) is 6.28. The molecule has 1 aromatic heterocycles. The highest BCUT2D eigenvalue weighted by Crippen LogP contribution is 2.20. The Morgan fingerprint density at radius 3 is 2.74 bits per heavy atom. The van der Waals surface area contributed by atoms with Crippen LogP contribution in [0.3, 0.4) is 0 Å². The van der Waals surface area contributed by atoms with Crippen molar-refractivity contribution in [3.05, 3.63) is 34.6 Å². The van der Waals surface area contributed by atoms with E-state index in [2.05, 4.69) is 26.1 Å². The largest absolute Gasteiger partial charge is 0.479 e. The Morgan fingerprint density at radius 1 is 1.42 bits per heavy atom. The summed E-state index contributed by atoms with van der Waals surface area (Å²) in [4.78, 5) is 10.6. The van der Waals surface area contributed by atoms with Crippen LogP contribution in [0.5, 0.6) is 0 Å². The van der Waals surface area contributed by atoms with Crippen LogP contribution in [0.15, 0.2) is 33.2 Å². The van der Waals surface area contributed by atoms with Crippen LogP contribution in [0.2, 0.25) is 0 Å². The van der Waals surface area contributed by atoms with Crippen molar-refractivity contribution in [2.45, 2.75) is 19.6 Å². The summed E-state index contributed by atoms with van der Waals surface area (Å²) in [7, 11) is 0. The molecule has 19 heavy (non-hydrogen) atoms. The molecule has 0 radical (unpaired) electrons. The number of carboxylic acids is 1. The van der Waals surface area contributed by atoms with Gasteiger partial charge in [0.25, 0.3) is 0 Å². The van der Waals surface area contributed by atoms with E-state index in [0.29, 0.717) is 5.89 Å². The monoisotopic (exact) mass is 326 g/mol. The molecule has 0 fully saturated rings. The smallest absolute Gasteiger partial charge is 0.332 e. The minimum atomic E-state index is -1.03.